The molecule has 37 heavy (non-hydrogen) atoms. The van der Waals surface area contributed by atoms with Crippen LogP contribution in [0.25, 0.3) is 6.08 Å². The van der Waals surface area contributed by atoms with Gasteiger partial charge in [0.25, 0.3) is 0 Å². The van der Waals surface area contributed by atoms with Gasteiger partial charge in [0.1, 0.15) is 42.9 Å². The molecular formula is C25H32O12. The molecule has 0 aromatic heterocycles. The van der Waals surface area contributed by atoms with Crippen LogP contribution >= 0.6 is 0 Å². The summed E-state index contributed by atoms with van der Waals surface area (Å²) in [5.74, 6) is -3.31. The first-order valence-corrected chi connectivity index (χ1v) is 12.0. The van der Waals surface area contributed by atoms with Crippen LogP contribution in [0.1, 0.15) is 18.9 Å². The van der Waals surface area contributed by atoms with Gasteiger partial charge in [-0.15, -0.1) is 0 Å². The minimum absolute atomic E-state index is 0.0761. The van der Waals surface area contributed by atoms with E-state index in [2.05, 4.69) is 0 Å². The molecule has 3 aliphatic rings. The molecule has 0 bridgehead atoms. The summed E-state index contributed by atoms with van der Waals surface area (Å²) in [4.78, 5) is 24.5. The minimum Gasteiger partial charge on any atom is -0.508 e. The van der Waals surface area contributed by atoms with Crippen molar-refractivity contribution in [2.45, 2.75) is 55.8 Å². The van der Waals surface area contributed by atoms with E-state index in [9.17, 15) is 40.2 Å². The van der Waals surface area contributed by atoms with Crippen LogP contribution in [0.5, 0.6) is 5.75 Å². The Hall–Kier alpha value is -2.58. The van der Waals surface area contributed by atoms with Crippen molar-refractivity contribution >= 4 is 18.0 Å². The Morgan fingerprint density at radius 1 is 1.14 bits per heavy atom. The monoisotopic (exact) mass is 524 g/mol. The average Bonchev–Trinajstić information content (AvgIpc) is 3.32. The summed E-state index contributed by atoms with van der Waals surface area (Å²) in [5, 5.41) is 60.9. The van der Waals surface area contributed by atoms with E-state index in [4.69, 9.17) is 18.9 Å². The predicted molar refractivity (Wildman–Crippen MR) is 123 cm³/mol. The zero-order chi connectivity index (χ0) is 26.9. The molecule has 1 saturated carbocycles. The van der Waals surface area contributed by atoms with Crippen LogP contribution in [-0.4, -0.2) is 105 Å². The molecule has 6 N–H and O–H groups in total. The Kier molecular flexibility index (Phi) is 8.19. The van der Waals surface area contributed by atoms with Gasteiger partial charge < -0.3 is 49.6 Å². The van der Waals surface area contributed by atoms with Gasteiger partial charge in [-0.05, 0) is 36.1 Å². The summed E-state index contributed by atoms with van der Waals surface area (Å²) in [6.07, 6.45) is -5.32. The third-order valence-corrected chi connectivity index (χ3v) is 7.48. The van der Waals surface area contributed by atoms with Crippen molar-refractivity contribution in [2.24, 2.45) is 17.8 Å². The Labute approximate surface area is 212 Å². The highest BCUT2D eigenvalue weighted by Crippen LogP contribution is 2.50. The zero-order valence-corrected chi connectivity index (χ0v) is 20.1. The van der Waals surface area contributed by atoms with E-state index in [1.165, 1.54) is 18.2 Å². The average molecular weight is 525 g/mol. The highest BCUT2D eigenvalue weighted by Gasteiger charge is 2.62. The number of hydrogen-bond donors (Lipinski definition) is 6. The molecule has 1 aliphatic carbocycles. The molecule has 3 fully saturated rings. The highest BCUT2D eigenvalue weighted by molar-refractivity contribution is 5.87. The number of benzene rings is 1. The van der Waals surface area contributed by atoms with Crippen molar-refractivity contribution in [2.75, 3.05) is 19.8 Å². The molecule has 2 heterocycles. The normalized spacial score (nSPS) is 39.5. The van der Waals surface area contributed by atoms with Gasteiger partial charge >= 0.3 is 11.9 Å². The number of aromatic hydroxyl groups is 1. The van der Waals surface area contributed by atoms with Crippen LogP contribution < -0.4 is 0 Å². The zero-order valence-electron chi connectivity index (χ0n) is 20.1. The molecule has 0 radical (unpaired) electrons. The number of carbonyl (C=O) groups excluding carboxylic acids is 2. The summed E-state index contributed by atoms with van der Waals surface area (Å²) < 4.78 is 21.6. The maximum absolute atomic E-state index is 12.4. The summed E-state index contributed by atoms with van der Waals surface area (Å²) >= 11 is 0. The number of esters is 2. The number of aliphatic hydroxyl groups is 5. The first-order chi connectivity index (χ1) is 17.5. The third-order valence-electron chi connectivity index (χ3n) is 7.48. The van der Waals surface area contributed by atoms with Gasteiger partial charge in [-0.3, -0.25) is 4.79 Å². The lowest BCUT2D eigenvalue weighted by molar-refractivity contribution is -0.304. The van der Waals surface area contributed by atoms with Gasteiger partial charge in [0.2, 0.25) is 0 Å². The summed E-state index contributed by atoms with van der Waals surface area (Å²) in [6.45, 7) is 0.366. The van der Waals surface area contributed by atoms with Gasteiger partial charge in [-0.1, -0.05) is 19.1 Å². The number of carbonyl (C=O) groups is 2. The van der Waals surface area contributed by atoms with E-state index >= 15 is 0 Å². The summed E-state index contributed by atoms with van der Waals surface area (Å²) in [7, 11) is 0. The smallest absolute Gasteiger partial charge is 0.330 e. The lowest BCUT2D eigenvalue weighted by atomic mass is 9.78. The van der Waals surface area contributed by atoms with Crippen molar-refractivity contribution in [1.29, 1.82) is 0 Å². The third kappa shape index (κ3) is 5.50. The molecule has 1 aromatic carbocycles. The van der Waals surface area contributed by atoms with Crippen LogP contribution in [-0.2, 0) is 28.5 Å². The van der Waals surface area contributed by atoms with E-state index in [0.717, 1.165) is 6.08 Å². The first kappa shape index (κ1) is 27.5. The number of phenols is 1. The molecule has 4 rings (SSSR count). The van der Waals surface area contributed by atoms with Gasteiger partial charge in [0.15, 0.2) is 6.29 Å². The second-order valence-electron chi connectivity index (χ2n) is 9.80. The van der Waals surface area contributed by atoms with E-state index < -0.39 is 79.4 Å². The van der Waals surface area contributed by atoms with Crippen molar-refractivity contribution in [1.82, 2.24) is 0 Å². The Morgan fingerprint density at radius 2 is 1.84 bits per heavy atom. The highest BCUT2D eigenvalue weighted by atomic mass is 16.7. The van der Waals surface area contributed by atoms with E-state index in [-0.39, 0.29) is 18.3 Å². The second kappa shape index (κ2) is 11.0. The molecular weight excluding hydrogens is 492 g/mol. The molecule has 2 saturated heterocycles. The Bertz CT molecular complexity index is 996. The minimum atomic E-state index is -1.70. The molecule has 12 nitrogen and oxygen atoms in total. The summed E-state index contributed by atoms with van der Waals surface area (Å²) in [5.41, 5.74) is -0.912. The fourth-order valence-electron chi connectivity index (χ4n) is 5.25. The maximum Gasteiger partial charge on any atom is 0.330 e. The second-order valence-corrected chi connectivity index (χ2v) is 9.80. The van der Waals surface area contributed by atoms with Crippen LogP contribution in [0.4, 0.5) is 0 Å². The SMILES string of the molecule is CC1CC2OC(=O)C(COC3OC(COC(=O)C=Cc4ccc(O)cc4)C(O)C(O)C3O)C2C1(O)CO. The molecule has 1 aromatic rings. The topological polar surface area (TPSA) is 192 Å². The number of ether oxygens (including phenoxy) is 4. The van der Waals surface area contributed by atoms with Crippen molar-refractivity contribution < 1.29 is 59.2 Å². The standard InChI is InChI=1S/C25H32O12/c1-12-8-16-19(25(12,33)11-26)15(23(32)36-16)9-35-24-22(31)21(30)20(29)17(37-24)10-34-18(28)7-4-13-2-5-14(27)6-3-13/h2-7,12,15-17,19-22,24,26-27,29-31,33H,8-11H2,1H3. The van der Waals surface area contributed by atoms with Crippen molar-refractivity contribution in [3.8, 4) is 5.75 Å². The molecule has 204 valence electrons. The van der Waals surface area contributed by atoms with Gasteiger partial charge in [-0.25, -0.2) is 4.79 Å². The maximum atomic E-state index is 12.4. The number of rotatable bonds is 8. The van der Waals surface area contributed by atoms with Crippen LogP contribution in [0.15, 0.2) is 30.3 Å². The first-order valence-electron chi connectivity index (χ1n) is 12.0. The van der Waals surface area contributed by atoms with Gasteiger partial charge in [0.05, 0.1) is 24.7 Å². The molecule has 0 amide bonds. The largest absolute Gasteiger partial charge is 0.508 e. The fourth-order valence-corrected chi connectivity index (χ4v) is 5.25. The summed E-state index contributed by atoms with van der Waals surface area (Å²) in [6, 6.07) is 6.08. The lowest BCUT2D eigenvalue weighted by Gasteiger charge is -2.40. The van der Waals surface area contributed by atoms with Crippen LogP contribution in [0.2, 0.25) is 0 Å². The fraction of sp³-hybridized carbons (Fsp3) is 0.600. The lowest BCUT2D eigenvalue weighted by Crippen LogP contribution is -2.59. The Morgan fingerprint density at radius 3 is 2.51 bits per heavy atom. The van der Waals surface area contributed by atoms with E-state index in [0.29, 0.717) is 12.0 Å². The number of hydrogen-bond acceptors (Lipinski definition) is 12. The Balaban J connectivity index is 1.35. The van der Waals surface area contributed by atoms with Crippen molar-refractivity contribution in [3.63, 3.8) is 0 Å². The van der Waals surface area contributed by atoms with Crippen molar-refractivity contribution in [3.05, 3.63) is 35.9 Å². The number of aliphatic hydroxyl groups excluding tert-OH is 4. The van der Waals surface area contributed by atoms with Gasteiger partial charge in [-0.2, -0.15) is 0 Å². The van der Waals surface area contributed by atoms with Gasteiger partial charge in [0, 0.05) is 12.0 Å². The van der Waals surface area contributed by atoms with E-state index in [1.54, 1.807) is 19.1 Å². The number of fused-ring (bicyclic) bond motifs is 1. The van der Waals surface area contributed by atoms with E-state index in [1.807, 2.05) is 0 Å². The number of phenolic OH excluding ortho intramolecular Hbond substituents is 1. The van der Waals surface area contributed by atoms with Crippen LogP contribution in [0, 0.1) is 17.8 Å². The quantitative estimate of drug-likeness (QED) is 0.174. The molecule has 12 heteroatoms. The predicted octanol–water partition coefficient (Wildman–Crippen LogP) is -1.31. The molecule has 0 spiro atoms. The molecule has 10 unspecified atom stereocenters. The van der Waals surface area contributed by atoms with Crippen LogP contribution in [0.3, 0.4) is 0 Å². The molecule has 2 aliphatic heterocycles. The molecule has 10 atom stereocenters.